The van der Waals surface area contributed by atoms with Crippen LogP contribution in [0.4, 0.5) is 8.78 Å². The number of aryl methyl sites for hydroxylation is 1. The number of phosphoric ester groups is 1. The van der Waals surface area contributed by atoms with Crippen LogP contribution in [-0.4, -0.2) is 37.4 Å². The Morgan fingerprint density at radius 3 is 2.71 bits per heavy atom. The minimum atomic E-state index is -4.23. The maximum Gasteiger partial charge on any atom is 0.472 e. The van der Waals surface area contributed by atoms with Gasteiger partial charge in [0.1, 0.15) is 23.8 Å². The van der Waals surface area contributed by atoms with Gasteiger partial charge in [0, 0.05) is 31.8 Å². The van der Waals surface area contributed by atoms with Crippen LogP contribution in [-0.2, 0) is 23.1 Å². The number of halogens is 2. The highest BCUT2D eigenvalue weighted by Gasteiger charge is 2.42. The molecule has 1 heterocycles. The van der Waals surface area contributed by atoms with E-state index in [2.05, 4.69) is 4.52 Å². The van der Waals surface area contributed by atoms with E-state index in [0.717, 1.165) is 13.2 Å². The zero-order valence-corrected chi connectivity index (χ0v) is 14.6. The van der Waals surface area contributed by atoms with Crippen LogP contribution in [0.1, 0.15) is 30.6 Å². The van der Waals surface area contributed by atoms with Crippen molar-refractivity contribution in [3.8, 4) is 0 Å². The van der Waals surface area contributed by atoms with E-state index in [4.69, 9.17) is 14.0 Å². The van der Waals surface area contributed by atoms with Gasteiger partial charge in [-0.1, -0.05) is 0 Å². The van der Waals surface area contributed by atoms with Gasteiger partial charge in [-0.05, 0) is 25.5 Å². The molecule has 0 bridgehead atoms. The number of rotatable bonds is 7. The molecule has 6 nitrogen and oxygen atoms in total. The van der Waals surface area contributed by atoms with E-state index in [-0.39, 0.29) is 24.2 Å². The Morgan fingerprint density at radius 2 is 2.08 bits per heavy atom. The third kappa shape index (κ3) is 4.59. The lowest BCUT2D eigenvalue weighted by atomic mass is 10.0. The lowest BCUT2D eigenvalue weighted by Gasteiger charge is -2.20. The van der Waals surface area contributed by atoms with Crippen LogP contribution in [0.15, 0.2) is 12.1 Å². The molecule has 1 aromatic carbocycles. The number of benzene rings is 1. The van der Waals surface area contributed by atoms with Crippen molar-refractivity contribution in [2.45, 2.75) is 38.6 Å². The van der Waals surface area contributed by atoms with Crippen molar-refractivity contribution < 1.29 is 36.8 Å². The first kappa shape index (κ1) is 19.4. The highest BCUT2D eigenvalue weighted by atomic mass is 31.2. The summed E-state index contributed by atoms with van der Waals surface area (Å²) in [6, 6.07) is 2.16. The lowest BCUT2D eigenvalue weighted by Crippen LogP contribution is -2.28. The number of hydrogen-bond donors (Lipinski definition) is 1. The van der Waals surface area contributed by atoms with Gasteiger partial charge in [-0.25, -0.2) is 13.3 Å². The topological polar surface area (TPSA) is 74.2 Å². The fourth-order valence-electron chi connectivity index (χ4n) is 2.55. The molecule has 0 spiro atoms. The molecular weight excluding hydrogens is 345 g/mol. The smallest absolute Gasteiger partial charge is 0.379 e. The van der Waals surface area contributed by atoms with E-state index < -0.39 is 37.8 Å². The highest BCUT2D eigenvalue weighted by molar-refractivity contribution is 7.47. The molecule has 24 heavy (non-hydrogen) atoms. The molecule has 1 aliphatic rings. The fraction of sp³-hybridized carbons (Fsp3) is 0.600. The summed E-state index contributed by atoms with van der Waals surface area (Å²) in [5.41, 5.74) is 0.456. The second kappa shape index (κ2) is 7.99. The Labute approximate surface area is 139 Å². The van der Waals surface area contributed by atoms with E-state index in [9.17, 15) is 18.2 Å². The molecule has 0 aliphatic carbocycles. The molecule has 1 unspecified atom stereocenters. The summed E-state index contributed by atoms with van der Waals surface area (Å²) in [6.45, 7) is 3.84. The Kier molecular flexibility index (Phi) is 6.47. The molecule has 136 valence electrons. The third-order valence-electron chi connectivity index (χ3n) is 3.81. The molecular formula is C15H21F2O6P. The summed E-state index contributed by atoms with van der Waals surface area (Å²) in [5.74, 6) is -1.38. The molecule has 0 aromatic heterocycles. The number of phosphoric acid groups is 1. The van der Waals surface area contributed by atoms with E-state index >= 15 is 0 Å². The Morgan fingerprint density at radius 1 is 1.38 bits per heavy atom. The van der Waals surface area contributed by atoms with Gasteiger partial charge in [0.15, 0.2) is 0 Å². The molecule has 9 heteroatoms. The van der Waals surface area contributed by atoms with Crippen LogP contribution in [0.25, 0.3) is 0 Å². The van der Waals surface area contributed by atoms with Gasteiger partial charge < -0.3 is 14.4 Å². The molecule has 1 aliphatic heterocycles. The van der Waals surface area contributed by atoms with Gasteiger partial charge in [0.2, 0.25) is 0 Å². The van der Waals surface area contributed by atoms with Crippen LogP contribution in [0.3, 0.4) is 0 Å². The van der Waals surface area contributed by atoms with E-state index in [1.54, 1.807) is 6.92 Å². The van der Waals surface area contributed by atoms with Crippen molar-refractivity contribution in [2.24, 2.45) is 0 Å². The lowest BCUT2D eigenvalue weighted by molar-refractivity contribution is -0.0431. The molecule has 4 atom stereocenters. The summed E-state index contributed by atoms with van der Waals surface area (Å²) in [6.07, 6.45) is -2.11. The van der Waals surface area contributed by atoms with Crippen molar-refractivity contribution >= 4 is 7.82 Å². The fourth-order valence-corrected chi connectivity index (χ4v) is 3.20. The quantitative estimate of drug-likeness (QED) is 0.747. The average molecular weight is 366 g/mol. The maximum atomic E-state index is 14.1. The standard InChI is InChI=1S/C15H21F2O6P/c1-4-21-8-15-14(23-24(18,19)20-3)7-13(22-15)10-5-9(2)11(16)6-12(10)17/h5-6,13-15H,4,7-8H2,1-3H3,(H,18,19)/t13-,14+,15-/m1/s1. The van der Waals surface area contributed by atoms with Gasteiger partial charge >= 0.3 is 7.82 Å². The first-order valence-corrected chi connectivity index (χ1v) is 9.02. The van der Waals surface area contributed by atoms with E-state index in [1.165, 1.54) is 13.0 Å². The van der Waals surface area contributed by atoms with Crippen LogP contribution < -0.4 is 0 Å². The molecule has 1 fully saturated rings. The summed E-state index contributed by atoms with van der Waals surface area (Å²) in [4.78, 5) is 9.51. The number of hydrogen-bond acceptors (Lipinski definition) is 5. The Hall–Kier alpha value is -0.890. The van der Waals surface area contributed by atoms with Crippen molar-refractivity contribution in [3.63, 3.8) is 0 Å². The van der Waals surface area contributed by atoms with Gasteiger partial charge in [0.25, 0.3) is 0 Å². The van der Waals surface area contributed by atoms with Crippen LogP contribution in [0.2, 0.25) is 0 Å². The van der Waals surface area contributed by atoms with Crippen LogP contribution in [0, 0.1) is 18.6 Å². The van der Waals surface area contributed by atoms with Crippen molar-refractivity contribution in [1.82, 2.24) is 0 Å². The monoisotopic (exact) mass is 366 g/mol. The van der Waals surface area contributed by atoms with Crippen molar-refractivity contribution in [3.05, 3.63) is 34.9 Å². The molecule has 0 saturated carbocycles. The molecule has 0 radical (unpaired) electrons. The van der Waals surface area contributed by atoms with Crippen molar-refractivity contribution in [1.29, 1.82) is 0 Å². The van der Waals surface area contributed by atoms with Crippen molar-refractivity contribution in [2.75, 3.05) is 20.3 Å². The first-order chi connectivity index (χ1) is 11.3. The van der Waals surface area contributed by atoms with Crippen LogP contribution in [0.5, 0.6) is 0 Å². The highest BCUT2D eigenvalue weighted by Crippen LogP contribution is 2.48. The molecule has 1 saturated heterocycles. The SMILES string of the molecule is CCOC[C@H]1O[C@@H](c2cc(C)c(F)cc2F)C[C@@H]1OP(=O)(O)OC. The van der Waals surface area contributed by atoms with Crippen LogP contribution >= 0.6 is 7.82 Å². The van der Waals surface area contributed by atoms with E-state index in [1.807, 2.05) is 0 Å². The largest absolute Gasteiger partial charge is 0.472 e. The average Bonchev–Trinajstić information content (AvgIpc) is 2.90. The number of ether oxygens (including phenoxy) is 2. The van der Waals surface area contributed by atoms with Gasteiger partial charge in [0.05, 0.1) is 12.7 Å². The van der Waals surface area contributed by atoms with E-state index in [0.29, 0.717) is 6.61 Å². The zero-order valence-electron chi connectivity index (χ0n) is 13.7. The molecule has 1 N–H and O–H groups in total. The predicted octanol–water partition coefficient (Wildman–Crippen LogP) is 3.27. The third-order valence-corrected chi connectivity index (χ3v) is 4.81. The van der Waals surface area contributed by atoms with Gasteiger partial charge in [-0.15, -0.1) is 0 Å². The minimum absolute atomic E-state index is 0.114. The summed E-state index contributed by atoms with van der Waals surface area (Å²) in [7, 11) is -3.18. The summed E-state index contributed by atoms with van der Waals surface area (Å²) < 4.78 is 59.7. The molecule has 2 rings (SSSR count). The summed E-state index contributed by atoms with van der Waals surface area (Å²) in [5, 5.41) is 0. The Balaban J connectivity index is 2.21. The zero-order chi connectivity index (χ0) is 17.9. The first-order valence-electron chi connectivity index (χ1n) is 7.53. The van der Waals surface area contributed by atoms with Gasteiger partial charge in [-0.3, -0.25) is 9.05 Å². The maximum absolute atomic E-state index is 14.1. The normalized spacial score (nSPS) is 26.5. The Bertz CT molecular complexity index is 626. The summed E-state index contributed by atoms with van der Waals surface area (Å²) >= 11 is 0. The van der Waals surface area contributed by atoms with Gasteiger partial charge in [-0.2, -0.15) is 0 Å². The second-order valence-corrected chi connectivity index (χ2v) is 6.99. The predicted molar refractivity (Wildman–Crippen MR) is 81.5 cm³/mol. The minimum Gasteiger partial charge on any atom is -0.379 e. The molecule has 1 aromatic rings. The molecule has 0 amide bonds. The second-order valence-electron chi connectivity index (χ2n) is 5.48.